The van der Waals surface area contributed by atoms with Crippen LogP contribution in [0, 0.1) is 0 Å². The van der Waals surface area contributed by atoms with Gasteiger partial charge < -0.3 is 4.74 Å². The average molecular weight is 306 g/mol. The highest BCUT2D eigenvalue weighted by Crippen LogP contribution is 2.22. The molecule has 0 aromatic heterocycles. The number of rotatable bonds is 5. The summed E-state index contributed by atoms with van der Waals surface area (Å²) in [6.45, 7) is 4.32. The quantitative estimate of drug-likeness (QED) is 0.611. The maximum Gasteiger partial charge on any atom is 0.176 e. The minimum atomic E-state index is -0.201. The third-order valence-corrected chi connectivity index (χ3v) is 2.86. The molecule has 0 heterocycles. The number of ether oxygens (including phenoxy) is 1. The number of carbonyl (C=O) groups is 1. The monoisotopic (exact) mass is 304 g/mol. The number of alkyl halides is 2. The van der Waals surface area contributed by atoms with Crippen LogP contribution in [0.4, 0.5) is 0 Å². The summed E-state index contributed by atoms with van der Waals surface area (Å²) in [5.41, 5.74) is 1.46. The molecule has 0 bridgehead atoms. The smallest absolute Gasteiger partial charge is 0.176 e. The molecule has 1 aromatic rings. The van der Waals surface area contributed by atoms with E-state index in [1.807, 2.05) is 13.0 Å². The standard InChI is InChI=1S/C12H14BrClO2/c1-3-16-10-4-5-11(9(6-10)7-14)12(15)8(2)13/h4-6,8H,3,7H2,1-2H3. The molecule has 0 aliphatic carbocycles. The zero-order valence-electron chi connectivity index (χ0n) is 9.30. The summed E-state index contributed by atoms with van der Waals surface area (Å²) in [5.74, 6) is 1.09. The minimum absolute atomic E-state index is 0.0405. The van der Waals surface area contributed by atoms with Gasteiger partial charge in [-0.25, -0.2) is 0 Å². The molecular formula is C12H14BrClO2. The van der Waals surface area contributed by atoms with Crippen LogP contribution in [-0.4, -0.2) is 17.2 Å². The molecule has 1 aromatic carbocycles. The van der Waals surface area contributed by atoms with Gasteiger partial charge in [0.2, 0.25) is 0 Å². The molecule has 0 amide bonds. The summed E-state index contributed by atoms with van der Waals surface area (Å²) >= 11 is 9.10. The number of halogens is 2. The molecule has 88 valence electrons. The fraction of sp³-hybridized carbons (Fsp3) is 0.417. The molecule has 0 saturated heterocycles. The van der Waals surface area contributed by atoms with Gasteiger partial charge >= 0.3 is 0 Å². The first-order valence-electron chi connectivity index (χ1n) is 5.10. The number of carbonyl (C=O) groups excluding carboxylic acids is 1. The predicted octanol–water partition coefficient (Wildman–Crippen LogP) is 3.79. The van der Waals surface area contributed by atoms with E-state index in [9.17, 15) is 4.79 Å². The Hall–Kier alpha value is -0.540. The van der Waals surface area contributed by atoms with E-state index in [4.69, 9.17) is 16.3 Å². The highest BCUT2D eigenvalue weighted by molar-refractivity contribution is 9.10. The molecule has 2 nitrogen and oxygen atoms in total. The predicted molar refractivity (Wildman–Crippen MR) is 69.9 cm³/mol. The second kappa shape index (κ2) is 6.26. The molecule has 0 N–H and O–H groups in total. The van der Waals surface area contributed by atoms with E-state index in [1.54, 1.807) is 19.1 Å². The average Bonchev–Trinajstić information content (AvgIpc) is 2.28. The van der Waals surface area contributed by atoms with Crippen molar-refractivity contribution < 1.29 is 9.53 Å². The Morgan fingerprint density at radius 3 is 2.75 bits per heavy atom. The van der Waals surface area contributed by atoms with Crippen LogP contribution in [0.15, 0.2) is 18.2 Å². The summed E-state index contributed by atoms with van der Waals surface area (Å²) in [4.78, 5) is 11.6. The van der Waals surface area contributed by atoms with Gasteiger partial charge in [0.05, 0.1) is 11.4 Å². The van der Waals surface area contributed by atoms with Crippen LogP contribution >= 0.6 is 27.5 Å². The van der Waals surface area contributed by atoms with Gasteiger partial charge in [-0.1, -0.05) is 15.9 Å². The van der Waals surface area contributed by atoms with Crippen LogP contribution in [0.5, 0.6) is 5.75 Å². The van der Waals surface area contributed by atoms with Crippen LogP contribution in [0.1, 0.15) is 29.8 Å². The van der Waals surface area contributed by atoms with E-state index < -0.39 is 0 Å². The Bertz CT molecular complexity index is 377. The molecule has 0 radical (unpaired) electrons. The van der Waals surface area contributed by atoms with E-state index >= 15 is 0 Å². The largest absolute Gasteiger partial charge is 0.494 e. The summed E-state index contributed by atoms with van der Waals surface area (Å²) in [6, 6.07) is 5.38. The van der Waals surface area contributed by atoms with Crippen molar-refractivity contribution in [2.75, 3.05) is 6.61 Å². The van der Waals surface area contributed by atoms with E-state index in [0.717, 1.165) is 11.3 Å². The van der Waals surface area contributed by atoms with Crippen molar-refractivity contribution in [1.29, 1.82) is 0 Å². The van der Waals surface area contributed by atoms with Gasteiger partial charge in [0.25, 0.3) is 0 Å². The topological polar surface area (TPSA) is 26.3 Å². The Morgan fingerprint density at radius 2 is 2.25 bits per heavy atom. The normalized spacial score (nSPS) is 12.2. The van der Waals surface area contributed by atoms with Crippen molar-refractivity contribution >= 4 is 33.3 Å². The summed E-state index contributed by atoms with van der Waals surface area (Å²) < 4.78 is 5.36. The number of hydrogen-bond acceptors (Lipinski definition) is 2. The third kappa shape index (κ3) is 3.22. The van der Waals surface area contributed by atoms with Crippen molar-refractivity contribution in [3.8, 4) is 5.75 Å². The van der Waals surface area contributed by atoms with Crippen molar-refractivity contribution in [3.05, 3.63) is 29.3 Å². The van der Waals surface area contributed by atoms with E-state index in [2.05, 4.69) is 15.9 Å². The lowest BCUT2D eigenvalue weighted by Crippen LogP contribution is -2.12. The summed E-state index contributed by atoms with van der Waals surface area (Å²) in [6.07, 6.45) is 0. The van der Waals surface area contributed by atoms with Gasteiger partial charge in [-0.2, -0.15) is 0 Å². The van der Waals surface area contributed by atoms with Crippen LogP contribution in [0.25, 0.3) is 0 Å². The maximum atomic E-state index is 11.8. The fourth-order valence-corrected chi connectivity index (χ4v) is 1.86. The Balaban J connectivity index is 3.06. The lowest BCUT2D eigenvalue weighted by atomic mass is 10.0. The Labute approximate surface area is 109 Å². The van der Waals surface area contributed by atoms with Crippen molar-refractivity contribution in [1.82, 2.24) is 0 Å². The maximum absolute atomic E-state index is 11.8. The first-order chi connectivity index (χ1) is 7.60. The van der Waals surface area contributed by atoms with Crippen LogP contribution < -0.4 is 4.74 Å². The summed E-state index contributed by atoms with van der Waals surface area (Å²) in [7, 11) is 0. The van der Waals surface area contributed by atoms with Crippen molar-refractivity contribution in [2.45, 2.75) is 24.6 Å². The fourth-order valence-electron chi connectivity index (χ4n) is 1.39. The van der Waals surface area contributed by atoms with Gasteiger partial charge in [0.1, 0.15) is 5.75 Å². The van der Waals surface area contributed by atoms with E-state index in [0.29, 0.717) is 18.1 Å². The zero-order valence-corrected chi connectivity index (χ0v) is 11.6. The Kier molecular flexibility index (Phi) is 5.29. The van der Waals surface area contributed by atoms with Gasteiger partial charge in [-0.3, -0.25) is 4.79 Å². The highest BCUT2D eigenvalue weighted by atomic mass is 79.9. The molecule has 16 heavy (non-hydrogen) atoms. The van der Waals surface area contributed by atoms with Crippen molar-refractivity contribution in [2.24, 2.45) is 0 Å². The van der Waals surface area contributed by atoms with Gasteiger partial charge in [0.15, 0.2) is 5.78 Å². The van der Waals surface area contributed by atoms with E-state index in [-0.39, 0.29) is 10.6 Å². The van der Waals surface area contributed by atoms with Gasteiger partial charge in [0, 0.05) is 11.4 Å². The molecule has 0 aliphatic heterocycles. The molecule has 1 unspecified atom stereocenters. The highest BCUT2D eigenvalue weighted by Gasteiger charge is 2.16. The van der Waals surface area contributed by atoms with Gasteiger partial charge in [-0.15, -0.1) is 11.6 Å². The molecule has 0 spiro atoms. The second-order valence-corrected chi connectivity index (χ2v) is 5.01. The molecule has 4 heteroatoms. The van der Waals surface area contributed by atoms with E-state index in [1.165, 1.54) is 0 Å². The third-order valence-electron chi connectivity index (χ3n) is 2.16. The number of Topliss-reactive ketones (excluding diaryl/α,β-unsaturated/α-hetero) is 1. The molecule has 1 atom stereocenters. The molecule has 0 saturated carbocycles. The first kappa shape index (κ1) is 13.5. The molecule has 0 aliphatic rings. The number of ketones is 1. The first-order valence-corrected chi connectivity index (χ1v) is 6.55. The molecule has 1 rings (SSSR count). The minimum Gasteiger partial charge on any atom is -0.494 e. The van der Waals surface area contributed by atoms with Crippen LogP contribution in [0.3, 0.4) is 0 Å². The van der Waals surface area contributed by atoms with Crippen LogP contribution in [0.2, 0.25) is 0 Å². The zero-order chi connectivity index (χ0) is 12.1. The molecule has 0 fully saturated rings. The second-order valence-electron chi connectivity index (χ2n) is 3.37. The van der Waals surface area contributed by atoms with Gasteiger partial charge in [-0.05, 0) is 37.6 Å². The lowest BCUT2D eigenvalue weighted by molar-refractivity contribution is 0.0995. The SMILES string of the molecule is CCOc1ccc(C(=O)C(C)Br)c(CCl)c1. The van der Waals surface area contributed by atoms with Crippen LogP contribution in [-0.2, 0) is 5.88 Å². The number of benzene rings is 1. The van der Waals surface area contributed by atoms with Crippen molar-refractivity contribution in [3.63, 3.8) is 0 Å². The lowest BCUT2D eigenvalue weighted by Gasteiger charge is -2.10. The number of hydrogen-bond donors (Lipinski definition) is 0. The Morgan fingerprint density at radius 1 is 1.56 bits per heavy atom. The summed E-state index contributed by atoms with van der Waals surface area (Å²) in [5, 5.41) is 0. The molecular weight excluding hydrogens is 291 g/mol.